The molecule has 9 nitrogen and oxygen atoms in total. The van der Waals surface area contributed by atoms with Gasteiger partial charge in [0.15, 0.2) is 4.90 Å². The number of benzene rings is 1. The molecule has 146 valence electrons. The number of unbranched alkanes of at least 4 members (excludes halogenated alkanes) is 1. The van der Waals surface area contributed by atoms with E-state index in [0.29, 0.717) is 25.7 Å². The molecule has 0 aliphatic heterocycles. The Hall–Kier alpha value is -1.88. The molecule has 0 saturated carbocycles. The molecule has 1 aromatic rings. The number of nitro groups is 1. The van der Waals surface area contributed by atoms with E-state index in [9.17, 15) is 23.3 Å². The Morgan fingerprint density at radius 1 is 1.35 bits per heavy atom. The van der Waals surface area contributed by atoms with E-state index >= 15 is 0 Å². The van der Waals surface area contributed by atoms with E-state index in [-0.39, 0.29) is 29.9 Å². The average Bonchev–Trinajstić information content (AvgIpc) is 2.63. The van der Waals surface area contributed by atoms with Crippen LogP contribution in [0.5, 0.6) is 0 Å². The number of hydrogen-bond acceptors (Lipinski definition) is 7. The SMILES string of the molecule is CCC(=O)[C@H](CCCCN(C)S(=O)(=O)c1ccccc1[N+](=O)[O-])NCN. The Morgan fingerprint density at radius 2 is 2.00 bits per heavy atom. The van der Waals surface area contributed by atoms with Crippen LogP contribution in [-0.2, 0) is 14.8 Å². The van der Waals surface area contributed by atoms with Crippen molar-refractivity contribution in [1.82, 2.24) is 9.62 Å². The van der Waals surface area contributed by atoms with E-state index in [0.717, 1.165) is 4.31 Å². The van der Waals surface area contributed by atoms with Crippen LogP contribution in [0.4, 0.5) is 5.69 Å². The molecule has 1 aromatic carbocycles. The molecular formula is C16H26N4O5S. The molecule has 26 heavy (non-hydrogen) atoms. The van der Waals surface area contributed by atoms with Gasteiger partial charge in [0, 0.05) is 32.7 Å². The van der Waals surface area contributed by atoms with Gasteiger partial charge in [0.05, 0.1) is 11.0 Å². The molecule has 0 saturated heterocycles. The van der Waals surface area contributed by atoms with Crippen molar-refractivity contribution in [1.29, 1.82) is 0 Å². The molecule has 0 aliphatic carbocycles. The fourth-order valence-corrected chi connectivity index (χ4v) is 3.93. The third-order valence-corrected chi connectivity index (χ3v) is 5.97. The molecule has 0 unspecified atom stereocenters. The van der Waals surface area contributed by atoms with Gasteiger partial charge in [-0.05, 0) is 18.9 Å². The van der Waals surface area contributed by atoms with Gasteiger partial charge in [-0.3, -0.25) is 20.2 Å². The Balaban J connectivity index is 2.69. The molecule has 0 amide bonds. The number of rotatable bonds is 12. The number of carbonyl (C=O) groups excluding carboxylic acids is 1. The van der Waals surface area contributed by atoms with Crippen molar-refractivity contribution in [3.05, 3.63) is 34.4 Å². The lowest BCUT2D eigenvalue weighted by Gasteiger charge is -2.19. The zero-order chi connectivity index (χ0) is 19.7. The van der Waals surface area contributed by atoms with Crippen LogP contribution < -0.4 is 11.1 Å². The van der Waals surface area contributed by atoms with Gasteiger partial charge in [0.1, 0.15) is 5.78 Å². The Labute approximate surface area is 153 Å². The maximum absolute atomic E-state index is 12.6. The maximum Gasteiger partial charge on any atom is 0.289 e. The maximum atomic E-state index is 12.6. The van der Waals surface area contributed by atoms with E-state index in [1.165, 1.54) is 31.3 Å². The Bertz CT molecular complexity index is 723. The van der Waals surface area contributed by atoms with Crippen molar-refractivity contribution in [2.24, 2.45) is 5.73 Å². The summed E-state index contributed by atoms with van der Waals surface area (Å²) in [6, 6.07) is 4.94. The molecule has 0 radical (unpaired) electrons. The summed E-state index contributed by atoms with van der Waals surface area (Å²) in [5.74, 6) is 0.0661. The van der Waals surface area contributed by atoms with Gasteiger partial charge in [-0.2, -0.15) is 0 Å². The Kier molecular flexibility index (Phi) is 8.79. The highest BCUT2D eigenvalue weighted by Gasteiger charge is 2.28. The first-order valence-corrected chi connectivity index (χ1v) is 9.85. The van der Waals surface area contributed by atoms with Crippen LogP contribution in [0, 0.1) is 10.1 Å². The van der Waals surface area contributed by atoms with Crippen molar-refractivity contribution in [2.45, 2.75) is 43.5 Å². The first-order chi connectivity index (χ1) is 12.3. The van der Waals surface area contributed by atoms with Gasteiger partial charge in [-0.25, -0.2) is 12.7 Å². The number of carbonyl (C=O) groups is 1. The first kappa shape index (κ1) is 22.2. The summed E-state index contributed by atoms with van der Waals surface area (Å²) in [6.07, 6.45) is 2.11. The highest BCUT2D eigenvalue weighted by Crippen LogP contribution is 2.25. The first-order valence-electron chi connectivity index (χ1n) is 8.41. The van der Waals surface area contributed by atoms with Crippen LogP contribution >= 0.6 is 0 Å². The van der Waals surface area contributed by atoms with Gasteiger partial charge in [0.25, 0.3) is 5.69 Å². The lowest BCUT2D eigenvalue weighted by atomic mass is 10.0. The summed E-state index contributed by atoms with van der Waals surface area (Å²) >= 11 is 0. The van der Waals surface area contributed by atoms with Gasteiger partial charge >= 0.3 is 0 Å². The van der Waals surface area contributed by atoms with Gasteiger partial charge in [-0.1, -0.05) is 25.5 Å². The summed E-state index contributed by atoms with van der Waals surface area (Å²) in [7, 11) is -2.57. The van der Waals surface area contributed by atoms with Crippen molar-refractivity contribution in [3.63, 3.8) is 0 Å². The number of para-hydroxylation sites is 1. The monoisotopic (exact) mass is 386 g/mol. The topological polar surface area (TPSA) is 136 Å². The van der Waals surface area contributed by atoms with Crippen molar-refractivity contribution in [3.8, 4) is 0 Å². The van der Waals surface area contributed by atoms with Gasteiger partial charge in [-0.15, -0.1) is 0 Å². The van der Waals surface area contributed by atoms with Crippen LogP contribution in [0.1, 0.15) is 32.6 Å². The van der Waals surface area contributed by atoms with E-state index in [2.05, 4.69) is 5.32 Å². The summed E-state index contributed by atoms with van der Waals surface area (Å²) in [6.45, 7) is 2.17. The Morgan fingerprint density at radius 3 is 2.58 bits per heavy atom. The number of sulfonamides is 1. The lowest BCUT2D eigenvalue weighted by Crippen LogP contribution is -2.39. The molecule has 0 aromatic heterocycles. The number of nitrogens with one attached hydrogen (secondary N) is 1. The largest absolute Gasteiger partial charge is 0.318 e. The van der Waals surface area contributed by atoms with Gasteiger partial charge in [0.2, 0.25) is 10.0 Å². The highest BCUT2D eigenvalue weighted by molar-refractivity contribution is 7.89. The van der Waals surface area contributed by atoms with E-state index in [1.807, 2.05) is 0 Å². The number of nitro benzene ring substituents is 1. The summed E-state index contributed by atoms with van der Waals surface area (Å²) in [5, 5.41) is 14.0. The zero-order valence-corrected chi connectivity index (χ0v) is 15.9. The standard InChI is InChI=1S/C16H26N4O5S/c1-3-15(21)13(18-12-17)8-6-7-11-19(2)26(24,25)16-10-5-4-9-14(16)20(22)23/h4-5,9-10,13,18H,3,6-8,11-12,17H2,1-2H3/t13-/m0/s1. The van der Waals surface area contributed by atoms with Crippen LogP contribution in [0.15, 0.2) is 29.2 Å². The lowest BCUT2D eigenvalue weighted by molar-refractivity contribution is -0.387. The molecular weight excluding hydrogens is 360 g/mol. The number of hydrogen-bond donors (Lipinski definition) is 2. The van der Waals surface area contributed by atoms with Crippen molar-refractivity contribution in [2.75, 3.05) is 20.3 Å². The van der Waals surface area contributed by atoms with E-state index in [1.54, 1.807) is 6.92 Å². The van der Waals surface area contributed by atoms with Crippen LogP contribution in [0.2, 0.25) is 0 Å². The summed E-state index contributed by atoms with van der Waals surface area (Å²) in [4.78, 5) is 21.8. The zero-order valence-electron chi connectivity index (χ0n) is 15.1. The minimum absolute atomic E-state index is 0.0661. The van der Waals surface area contributed by atoms with Crippen molar-refractivity contribution < 1.29 is 18.1 Å². The van der Waals surface area contributed by atoms with Crippen molar-refractivity contribution >= 4 is 21.5 Å². The molecule has 0 heterocycles. The summed E-state index contributed by atoms with van der Waals surface area (Å²) < 4.78 is 26.3. The predicted molar refractivity (Wildman–Crippen MR) is 98.0 cm³/mol. The molecule has 0 aliphatic rings. The molecule has 1 rings (SSSR count). The molecule has 3 N–H and O–H groups in total. The number of ketones is 1. The van der Waals surface area contributed by atoms with E-state index < -0.39 is 20.6 Å². The minimum Gasteiger partial charge on any atom is -0.318 e. The molecule has 0 bridgehead atoms. The second-order valence-corrected chi connectivity index (χ2v) is 7.84. The fourth-order valence-electron chi connectivity index (χ4n) is 2.56. The third-order valence-electron chi connectivity index (χ3n) is 4.07. The predicted octanol–water partition coefficient (Wildman–Crippen LogP) is 1.24. The second-order valence-electron chi connectivity index (χ2n) is 5.83. The smallest absolute Gasteiger partial charge is 0.289 e. The fraction of sp³-hybridized carbons (Fsp3) is 0.562. The van der Waals surface area contributed by atoms with Gasteiger partial charge < -0.3 is 5.73 Å². The summed E-state index contributed by atoms with van der Waals surface area (Å²) in [5.41, 5.74) is 4.98. The molecule has 10 heteroatoms. The minimum atomic E-state index is -3.96. The average molecular weight is 386 g/mol. The third kappa shape index (κ3) is 5.84. The molecule has 0 spiro atoms. The van der Waals surface area contributed by atoms with Crippen LogP contribution in [0.25, 0.3) is 0 Å². The van der Waals surface area contributed by atoms with Crippen LogP contribution in [0.3, 0.4) is 0 Å². The van der Waals surface area contributed by atoms with Crippen LogP contribution in [-0.4, -0.2) is 49.7 Å². The number of nitrogens with zero attached hydrogens (tertiary/aromatic N) is 2. The highest BCUT2D eigenvalue weighted by atomic mass is 32.2. The normalized spacial score (nSPS) is 12.9. The number of nitrogens with two attached hydrogens (primary N) is 1. The second kappa shape index (κ2) is 10.3. The molecule has 0 fully saturated rings. The molecule has 1 atom stereocenters. The quantitative estimate of drug-likeness (QED) is 0.239. The number of Topliss-reactive ketones (excluding diaryl/α,β-unsaturated/α-hetero) is 1. The van der Waals surface area contributed by atoms with E-state index in [4.69, 9.17) is 5.73 Å².